The molecule has 1 aliphatic carbocycles. The molecule has 0 N–H and O–H groups in total. The molecule has 1 unspecified atom stereocenters. The van der Waals surface area contributed by atoms with E-state index >= 15 is 0 Å². The lowest BCUT2D eigenvalue weighted by atomic mass is 9.67. The molecule has 4 aliphatic rings. The van der Waals surface area contributed by atoms with Gasteiger partial charge in [-0.2, -0.15) is 10.4 Å². The van der Waals surface area contributed by atoms with Crippen LogP contribution in [-0.2, 0) is 13.0 Å². The number of benzene rings is 1. The summed E-state index contributed by atoms with van der Waals surface area (Å²) >= 11 is 0. The van der Waals surface area contributed by atoms with Crippen LogP contribution in [0.5, 0.6) is 5.75 Å². The number of ether oxygens (including phenoxy) is 1. The van der Waals surface area contributed by atoms with E-state index in [1.54, 1.807) is 7.11 Å². The van der Waals surface area contributed by atoms with Crippen molar-refractivity contribution in [3.05, 3.63) is 63.2 Å². The van der Waals surface area contributed by atoms with Gasteiger partial charge in [0.1, 0.15) is 11.8 Å². The maximum absolute atomic E-state index is 13.3. The Hall–Kier alpha value is -3.24. The molecule has 7 nitrogen and oxygen atoms in total. The molecule has 1 aromatic carbocycles. The number of aryl methyl sites for hydroxylation is 1. The average molecular weight is 442 g/mol. The van der Waals surface area contributed by atoms with Crippen molar-refractivity contribution < 1.29 is 4.74 Å². The number of nitriles is 1. The summed E-state index contributed by atoms with van der Waals surface area (Å²) in [7, 11) is 1.65. The van der Waals surface area contributed by atoms with E-state index in [9.17, 15) is 10.1 Å². The van der Waals surface area contributed by atoms with Crippen LogP contribution in [0.15, 0.2) is 35.3 Å². The number of hydrogen-bond acceptors (Lipinski definition) is 6. The van der Waals surface area contributed by atoms with Gasteiger partial charge < -0.3 is 9.64 Å². The highest BCUT2D eigenvalue weighted by molar-refractivity contribution is 5.90. The Morgan fingerprint density at radius 1 is 1.18 bits per heavy atom. The van der Waals surface area contributed by atoms with Gasteiger partial charge in [0, 0.05) is 17.5 Å². The predicted octanol–water partition coefficient (Wildman–Crippen LogP) is 3.09. The molecule has 3 aliphatic heterocycles. The summed E-state index contributed by atoms with van der Waals surface area (Å²) in [4.78, 5) is 20.1. The van der Waals surface area contributed by atoms with Gasteiger partial charge in [0.25, 0.3) is 5.56 Å². The molecule has 0 radical (unpaired) electrons. The molecule has 7 heteroatoms. The van der Waals surface area contributed by atoms with Crippen LogP contribution < -0.4 is 10.3 Å². The van der Waals surface area contributed by atoms with Crippen LogP contribution in [0.4, 0.5) is 0 Å². The molecule has 2 atom stereocenters. The fraction of sp³-hybridized carbons (Fsp3) is 0.462. The Morgan fingerprint density at radius 2 is 1.97 bits per heavy atom. The third-order valence-corrected chi connectivity index (χ3v) is 7.99. The molecule has 0 amide bonds. The van der Waals surface area contributed by atoms with E-state index in [0.717, 1.165) is 52.9 Å². The van der Waals surface area contributed by atoms with Crippen molar-refractivity contribution in [1.29, 1.82) is 5.26 Å². The van der Waals surface area contributed by atoms with E-state index < -0.39 is 0 Å². The van der Waals surface area contributed by atoms with Gasteiger partial charge in [0.05, 0.1) is 36.6 Å². The number of rotatable bonds is 4. The van der Waals surface area contributed by atoms with E-state index in [0.29, 0.717) is 23.9 Å². The van der Waals surface area contributed by atoms with Gasteiger partial charge in [-0.25, -0.2) is 4.98 Å². The molecule has 3 saturated heterocycles. The monoisotopic (exact) mass is 441 g/mol. The molecule has 33 heavy (non-hydrogen) atoms. The van der Waals surface area contributed by atoms with Crippen molar-refractivity contribution in [3.8, 4) is 11.8 Å². The van der Waals surface area contributed by atoms with Gasteiger partial charge in [-0.15, -0.1) is 0 Å². The molecule has 0 saturated carbocycles. The summed E-state index contributed by atoms with van der Waals surface area (Å²) in [6.45, 7) is 3.95. The number of fused-ring (bicyclic) bond motifs is 3. The number of nitrogens with zero attached hydrogens (tertiary/aromatic N) is 5. The van der Waals surface area contributed by atoms with Crippen molar-refractivity contribution in [3.63, 3.8) is 0 Å². The smallest absolute Gasteiger partial charge is 0.273 e. The van der Waals surface area contributed by atoms with Crippen LogP contribution in [0, 0.1) is 23.2 Å². The third-order valence-electron chi connectivity index (χ3n) is 7.99. The molecule has 3 fully saturated rings. The second kappa shape index (κ2) is 7.96. The Bertz CT molecular complexity index is 1320. The fourth-order valence-electron chi connectivity index (χ4n) is 6.38. The second-order valence-electron chi connectivity index (χ2n) is 9.63. The van der Waals surface area contributed by atoms with Crippen LogP contribution >= 0.6 is 0 Å². The summed E-state index contributed by atoms with van der Waals surface area (Å²) in [6.07, 6.45) is 5.65. The molecule has 2 aromatic heterocycles. The van der Waals surface area contributed by atoms with Gasteiger partial charge in [-0.1, -0.05) is 12.1 Å². The minimum Gasteiger partial charge on any atom is -0.497 e. The first-order valence-electron chi connectivity index (χ1n) is 11.8. The van der Waals surface area contributed by atoms with Crippen LogP contribution in [-0.4, -0.2) is 46.4 Å². The lowest BCUT2D eigenvalue weighted by Crippen LogP contribution is -2.50. The summed E-state index contributed by atoms with van der Waals surface area (Å²) in [5.41, 5.74) is 3.76. The topological polar surface area (TPSA) is 84.0 Å². The SMILES string of the molecule is COc1ccc(Cn2nc3c4c(c(=O)ncc(C#N)c42)[C@H](C2CN4CCC2CC4)CC3)cc1. The van der Waals surface area contributed by atoms with Crippen molar-refractivity contribution in [2.24, 2.45) is 11.8 Å². The second-order valence-corrected chi connectivity index (χ2v) is 9.63. The molecule has 3 aromatic rings. The normalized spacial score (nSPS) is 25.7. The largest absolute Gasteiger partial charge is 0.497 e. The molecular formula is C26H27N5O2. The minimum atomic E-state index is -0.187. The number of piperidine rings is 3. The summed E-state index contributed by atoms with van der Waals surface area (Å²) in [6, 6.07) is 10.2. The standard InChI is InChI=1S/C26H27N5O2/c1-33-19-4-2-16(3-5-19)14-31-25-18(12-27)13-28-26(32)23-20(6-7-22(29-31)24(23)25)21-15-30-10-8-17(21)9-11-30/h2-5,13,17,20-21H,6-11,14-15H2,1H3/t20-,21?/m0/s1. The summed E-state index contributed by atoms with van der Waals surface area (Å²) in [5, 5.41) is 15.7. The lowest BCUT2D eigenvalue weighted by Gasteiger charge is -2.48. The number of methoxy groups -OCH3 is 1. The average Bonchev–Trinajstić information content (AvgIpc) is 3.14. The van der Waals surface area contributed by atoms with Crippen molar-refractivity contribution >= 4 is 10.9 Å². The van der Waals surface area contributed by atoms with Gasteiger partial charge in [-0.05, 0) is 74.2 Å². The Morgan fingerprint density at radius 3 is 2.64 bits per heavy atom. The van der Waals surface area contributed by atoms with E-state index in [2.05, 4.69) is 16.0 Å². The Balaban J connectivity index is 1.51. The zero-order chi connectivity index (χ0) is 22.5. The maximum atomic E-state index is 13.3. The molecule has 0 spiro atoms. The minimum absolute atomic E-state index is 0.186. The Labute approximate surface area is 192 Å². The summed E-state index contributed by atoms with van der Waals surface area (Å²) in [5.74, 6) is 2.14. The lowest BCUT2D eigenvalue weighted by molar-refractivity contribution is 0.0345. The van der Waals surface area contributed by atoms with E-state index in [1.807, 2.05) is 28.9 Å². The third kappa shape index (κ3) is 3.32. The highest BCUT2D eigenvalue weighted by Crippen LogP contribution is 2.46. The van der Waals surface area contributed by atoms with Crippen LogP contribution in [0.2, 0.25) is 0 Å². The van der Waals surface area contributed by atoms with E-state index in [-0.39, 0.29) is 11.5 Å². The van der Waals surface area contributed by atoms with Crippen molar-refractivity contribution in [2.75, 3.05) is 26.7 Å². The first kappa shape index (κ1) is 20.4. The molecule has 5 heterocycles. The molecule has 7 rings (SSSR count). The maximum Gasteiger partial charge on any atom is 0.273 e. The van der Waals surface area contributed by atoms with Gasteiger partial charge in [0.2, 0.25) is 0 Å². The highest BCUT2D eigenvalue weighted by atomic mass is 16.5. The van der Waals surface area contributed by atoms with E-state index in [1.165, 1.54) is 32.1 Å². The first-order valence-corrected chi connectivity index (χ1v) is 11.8. The molecule has 168 valence electrons. The van der Waals surface area contributed by atoms with Gasteiger partial charge >= 0.3 is 0 Å². The predicted molar refractivity (Wildman–Crippen MR) is 124 cm³/mol. The zero-order valence-corrected chi connectivity index (χ0v) is 18.8. The quantitative estimate of drug-likeness (QED) is 0.619. The molecular weight excluding hydrogens is 414 g/mol. The first-order chi connectivity index (χ1) is 16.2. The van der Waals surface area contributed by atoms with Crippen molar-refractivity contribution in [2.45, 2.75) is 38.1 Å². The van der Waals surface area contributed by atoms with Crippen molar-refractivity contribution in [1.82, 2.24) is 19.7 Å². The highest BCUT2D eigenvalue weighted by Gasteiger charge is 2.42. The van der Waals surface area contributed by atoms with Gasteiger partial charge in [0.15, 0.2) is 0 Å². The number of hydrogen-bond donors (Lipinski definition) is 0. The van der Waals surface area contributed by atoms with Crippen LogP contribution in [0.1, 0.15) is 47.6 Å². The number of aromatic nitrogens is 3. The van der Waals surface area contributed by atoms with Crippen LogP contribution in [0.25, 0.3) is 10.9 Å². The van der Waals surface area contributed by atoms with Gasteiger partial charge in [-0.3, -0.25) is 9.48 Å². The molecule has 2 bridgehead atoms. The summed E-state index contributed by atoms with van der Waals surface area (Å²) < 4.78 is 7.17. The van der Waals surface area contributed by atoms with E-state index in [4.69, 9.17) is 9.84 Å². The fourth-order valence-corrected chi connectivity index (χ4v) is 6.38. The zero-order valence-electron chi connectivity index (χ0n) is 18.8. The van der Waals surface area contributed by atoms with Crippen LogP contribution in [0.3, 0.4) is 0 Å². The Kier molecular flexibility index (Phi) is 4.92.